The lowest BCUT2D eigenvalue weighted by atomic mass is 10.4. The van der Waals surface area contributed by atoms with Crippen LogP contribution in [0.5, 0.6) is 0 Å². The van der Waals surface area contributed by atoms with Crippen LogP contribution in [0.25, 0.3) is 0 Å². The van der Waals surface area contributed by atoms with Crippen molar-refractivity contribution in [2.24, 2.45) is 0 Å². The summed E-state index contributed by atoms with van der Waals surface area (Å²) in [6, 6.07) is 0. The Morgan fingerprint density at radius 3 is 1.73 bits per heavy atom. The van der Waals surface area contributed by atoms with Crippen LogP contribution in [0.1, 0.15) is 34.1 Å². The van der Waals surface area contributed by atoms with E-state index in [-0.39, 0.29) is 0 Å². The van der Waals surface area contributed by atoms with Crippen molar-refractivity contribution in [1.82, 2.24) is 4.90 Å². The average molecular weight is 157 g/mol. The van der Waals surface area contributed by atoms with Crippen LogP contribution < -0.4 is 0 Å². The van der Waals surface area contributed by atoms with Gasteiger partial charge in [0.2, 0.25) is 0 Å². The molecule has 0 atom stereocenters. The number of rotatable bonds is 1. The molecule has 0 aromatic rings. The molecule has 3 heteroatoms. The summed E-state index contributed by atoms with van der Waals surface area (Å²) >= 11 is 0. The molecular formula is C8H19N3. The molecule has 0 rings (SSSR count). The second kappa shape index (κ2) is 7.25. The maximum Gasteiger partial charge on any atom is 0.101 e. The van der Waals surface area contributed by atoms with E-state index in [4.69, 9.17) is 10.8 Å². The van der Waals surface area contributed by atoms with Crippen LogP contribution in [0.2, 0.25) is 0 Å². The molecule has 66 valence electrons. The van der Waals surface area contributed by atoms with Gasteiger partial charge in [-0.3, -0.25) is 10.8 Å². The minimum absolute atomic E-state index is 0.418. The molecular weight excluding hydrogens is 138 g/mol. The number of hydrogen-bond acceptors (Lipinski definition) is 2. The molecule has 0 spiro atoms. The predicted octanol–water partition coefficient (Wildman–Crippen LogP) is 2.33. The third-order valence-corrected chi connectivity index (χ3v) is 1.24. The van der Waals surface area contributed by atoms with Gasteiger partial charge >= 0.3 is 0 Å². The Labute approximate surface area is 69.4 Å². The van der Waals surface area contributed by atoms with Crippen LogP contribution >= 0.6 is 0 Å². The summed E-state index contributed by atoms with van der Waals surface area (Å²) in [5.41, 5.74) is 0. The highest BCUT2D eigenvalue weighted by atomic mass is 15.2. The topological polar surface area (TPSA) is 50.9 Å². The third-order valence-electron chi connectivity index (χ3n) is 1.24. The normalized spacial score (nSPS) is 7.73. The van der Waals surface area contributed by atoms with Gasteiger partial charge in [-0.2, -0.15) is 0 Å². The molecule has 0 bridgehead atoms. The predicted molar refractivity (Wildman–Crippen MR) is 50.5 cm³/mol. The van der Waals surface area contributed by atoms with Gasteiger partial charge < -0.3 is 4.90 Å². The standard InChI is InChI=1S/C6H13N3.C2H6/c1-4-6(8)9(3)5(2)7;1-2/h7-8H,4H2,1-3H3;1-2H3. The second-order valence-corrected chi connectivity index (χ2v) is 1.94. The smallest absolute Gasteiger partial charge is 0.101 e. The van der Waals surface area contributed by atoms with Gasteiger partial charge in [0.25, 0.3) is 0 Å². The molecule has 0 aromatic carbocycles. The Morgan fingerprint density at radius 2 is 1.64 bits per heavy atom. The first kappa shape index (κ1) is 12.8. The molecule has 0 saturated carbocycles. The van der Waals surface area contributed by atoms with E-state index in [9.17, 15) is 0 Å². The zero-order chi connectivity index (χ0) is 9.44. The van der Waals surface area contributed by atoms with Crippen molar-refractivity contribution in [2.75, 3.05) is 7.05 Å². The van der Waals surface area contributed by atoms with Gasteiger partial charge in [0.05, 0.1) is 5.84 Å². The van der Waals surface area contributed by atoms with E-state index in [1.807, 2.05) is 20.8 Å². The molecule has 0 unspecified atom stereocenters. The fraction of sp³-hybridized carbons (Fsp3) is 0.750. The Kier molecular flexibility index (Phi) is 8.43. The van der Waals surface area contributed by atoms with E-state index in [0.717, 1.165) is 0 Å². The highest BCUT2D eigenvalue weighted by molar-refractivity contribution is 5.96. The molecule has 3 nitrogen and oxygen atoms in total. The summed E-state index contributed by atoms with van der Waals surface area (Å²) in [6.07, 6.45) is 0.687. The minimum atomic E-state index is 0.418. The average Bonchev–Trinajstić information content (AvgIpc) is 2.05. The van der Waals surface area contributed by atoms with Gasteiger partial charge in [-0.05, 0) is 6.92 Å². The van der Waals surface area contributed by atoms with Crippen molar-refractivity contribution in [3.63, 3.8) is 0 Å². The Hall–Kier alpha value is -0.860. The Balaban J connectivity index is 0. The molecule has 0 radical (unpaired) electrons. The molecule has 0 aliphatic carbocycles. The minimum Gasteiger partial charge on any atom is -0.322 e. The largest absolute Gasteiger partial charge is 0.322 e. The van der Waals surface area contributed by atoms with E-state index in [0.29, 0.717) is 18.1 Å². The van der Waals surface area contributed by atoms with Crippen LogP contribution in [0.15, 0.2) is 0 Å². The van der Waals surface area contributed by atoms with E-state index in [2.05, 4.69) is 0 Å². The molecule has 2 N–H and O–H groups in total. The van der Waals surface area contributed by atoms with Crippen molar-refractivity contribution >= 4 is 11.7 Å². The van der Waals surface area contributed by atoms with Crippen LogP contribution in [-0.2, 0) is 0 Å². The summed E-state index contributed by atoms with van der Waals surface area (Å²) in [7, 11) is 1.73. The van der Waals surface area contributed by atoms with E-state index in [1.54, 1.807) is 18.9 Å². The fourth-order valence-corrected chi connectivity index (χ4v) is 0.440. The van der Waals surface area contributed by atoms with Crippen molar-refractivity contribution in [2.45, 2.75) is 34.1 Å². The van der Waals surface area contributed by atoms with Crippen molar-refractivity contribution in [3.8, 4) is 0 Å². The first-order valence-electron chi connectivity index (χ1n) is 3.96. The van der Waals surface area contributed by atoms with Crippen molar-refractivity contribution in [3.05, 3.63) is 0 Å². The SMILES string of the molecule is CC.CCC(=N)N(C)C(C)=N. The van der Waals surface area contributed by atoms with E-state index in [1.165, 1.54) is 0 Å². The zero-order valence-electron chi connectivity index (χ0n) is 8.15. The lowest BCUT2D eigenvalue weighted by Crippen LogP contribution is -2.29. The number of amidine groups is 2. The summed E-state index contributed by atoms with van der Waals surface area (Å²) in [5.74, 6) is 0.907. The van der Waals surface area contributed by atoms with Crippen LogP contribution in [0.3, 0.4) is 0 Å². The lowest BCUT2D eigenvalue weighted by molar-refractivity contribution is 0.711. The second-order valence-electron chi connectivity index (χ2n) is 1.94. The summed E-state index contributed by atoms with van der Waals surface area (Å²) in [5, 5.41) is 14.4. The highest BCUT2D eigenvalue weighted by Gasteiger charge is 2.01. The molecule has 0 aliphatic rings. The molecule has 0 aromatic heterocycles. The Bertz CT molecular complexity index is 129. The maximum atomic E-state index is 7.26. The molecule has 0 amide bonds. The van der Waals surface area contributed by atoms with E-state index >= 15 is 0 Å². The van der Waals surface area contributed by atoms with E-state index < -0.39 is 0 Å². The molecule has 0 saturated heterocycles. The molecule has 0 fully saturated rings. The van der Waals surface area contributed by atoms with Crippen molar-refractivity contribution < 1.29 is 0 Å². The van der Waals surface area contributed by atoms with Crippen LogP contribution in [0.4, 0.5) is 0 Å². The maximum absolute atomic E-state index is 7.26. The first-order valence-corrected chi connectivity index (χ1v) is 3.96. The van der Waals surface area contributed by atoms with Crippen molar-refractivity contribution in [1.29, 1.82) is 10.8 Å². The first-order chi connectivity index (χ1) is 5.09. The molecule has 0 heterocycles. The highest BCUT2D eigenvalue weighted by Crippen LogP contribution is 1.89. The molecule has 11 heavy (non-hydrogen) atoms. The van der Waals surface area contributed by atoms with Gasteiger partial charge in [-0.1, -0.05) is 20.8 Å². The number of hydrogen-bond donors (Lipinski definition) is 2. The van der Waals surface area contributed by atoms with Gasteiger partial charge in [0.1, 0.15) is 5.84 Å². The Morgan fingerprint density at radius 1 is 1.27 bits per heavy atom. The van der Waals surface area contributed by atoms with Gasteiger partial charge in [0.15, 0.2) is 0 Å². The monoisotopic (exact) mass is 157 g/mol. The van der Waals surface area contributed by atoms with Gasteiger partial charge in [-0.25, -0.2) is 0 Å². The molecule has 0 aliphatic heterocycles. The number of nitrogens with one attached hydrogen (secondary N) is 2. The third kappa shape index (κ3) is 5.58. The fourth-order valence-electron chi connectivity index (χ4n) is 0.440. The van der Waals surface area contributed by atoms with Crippen LogP contribution in [0, 0.1) is 10.8 Å². The zero-order valence-corrected chi connectivity index (χ0v) is 8.15. The van der Waals surface area contributed by atoms with Gasteiger partial charge in [0, 0.05) is 13.5 Å². The number of nitrogens with zero attached hydrogens (tertiary/aromatic N) is 1. The lowest BCUT2D eigenvalue weighted by Gasteiger charge is -2.16. The van der Waals surface area contributed by atoms with Crippen LogP contribution in [-0.4, -0.2) is 23.6 Å². The quantitative estimate of drug-likeness (QED) is 0.445. The summed E-state index contributed by atoms with van der Waals surface area (Å²) < 4.78 is 0. The summed E-state index contributed by atoms with van der Waals surface area (Å²) in [4.78, 5) is 1.56. The summed E-state index contributed by atoms with van der Waals surface area (Å²) in [6.45, 7) is 7.58. The van der Waals surface area contributed by atoms with Gasteiger partial charge in [-0.15, -0.1) is 0 Å².